The maximum atomic E-state index is 14.3. The molecular weight excluding hydrogens is 385 g/mol. The summed E-state index contributed by atoms with van der Waals surface area (Å²) in [5, 5.41) is 6.75. The van der Waals surface area contributed by atoms with E-state index in [1.165, 1.54) is 24.6 Å². The minimum absolute atomic E-state index is 0.0153. The number of amides is 1. The molecule has 8 heteroatoms. The number of anilines is 1. The number of nitrogens with zero attached hydrogens (tertiary/aromatic N) is 2. The molecule has 2 heterocycles. The first-order valence-corrected chi connectivity index (χ1v) is 8.63. The summed E-state index contributed by atoms with van der Waals surface area (Å²) >= 11 is 6.12. The zero-order valence-electron chi connectivity index (χ0n) is 14.6. The number of carbonyl (C=O) groups is 1. The summed E-state index contributed by atoms with van der Waals surface area (Å²) in [6, 6.07) is 11.3. The second-order valence-electron chi connectivity index (χ2n) is 5.96. The van der Waals surface area contributed by atoms with E-state index in [1.54, 1.807) is 31.3 Å². The number of rotatable bonds is 4. The van der Waals surface area contributed by atoms with Gasteiger partial charge in [0.25, 0.3) is 5.91 Å². The molecule has 28 heavy (non-hydrogen) atoms. The van der Waals surface area contributed by atoms with Crippen LogP contribution in [0, 0.1) is 12.7 Å². The Hall–Kier alpha value is -3.45. The molecular formula is C20H13ClFN3O3. The summed E-state index contributed by atoms with van der Waals surface area (Å²) in [6.45, 7) is 1.57. The molecule has 0 aliphatic rings. The Kier molecular flexibility index (Phi) is 4.67. The third kappa shape index (κ3) is 3.27. The van der Waals surface area contributed by atoms with Crippen molar-refractivity contribution in [3.8, 4) is 22.6 Å². The molecule has 6 nitrogen and oxygen atoms in total. The maximum absolute atomic E-state index is 14.3. The van der Waals surface area contributed by atoms with E-state index in [-0.39, 0.29) is 27.6 Å². The first kappa shape index (κ1) is 17.9. The highest BCUT2D eigenvalue weighted by atomic mass is 35.5. The van der Waals surface area contributed by atoms with E-state index in [0.717, 1.165) is 5.56 Å². The number of aromatic nitrogens is 2. The molecule has 2 aromatic heterocycles. The van der Waals surface area contributed by atoms with E-state index in [0.29, 0.717) is 11.4 Å². The number of oxazole rings is 1. The van der Waals surface area contributed by atoms with Crippen molar-refractivity contribution in [2.45, 2.75) is 6.92 Å². The Bertz CT molecular complexity index is 1140. The van der Waals surface area contributed by atoms with E-state index < -0.39 is 11.7 Å². The molecule has 0 fully saturated rings. The molecule has 0 saturated carbocycles. The van der Waals surface area contributed by atoms with Crippen molar-refractivity contribution >= 4 is 23.2 Å². The van der Waals surface area contributed by atoms with Crippen molar-refractivity contribution in [3.63, 3.8) is 0 Å². The molecule has 0 saturated heterocycles. The number of carbonyl (C=O) groups excluding carboxylic acids is 1. The summed E-state index contributed by atoms with van der Waals surface area (Å²) < 4.78 is 24.7. The molecule has 0 bridgehead atoms. The van der Waals surface area contributed by atoms with Crippen LogP contribution in [0.1, 0.15) is 16.1 Å². The SMILES string of the molecule is Cc1onc(-c2c(F)cccc2Cl)c1C(=O)Nc1cccc(-c2cnco2)c1. The Labute approximate surface area is 163 Å². The van der Waals surface area contributed by atoms with Crippen LogP contribution in [0.3, 0.4) is 0 Å². The van der Waals surface area contributed by atoms with Crippen molar-refractivity contribution in [2.24, 2.45) is 0 Å². The van der Waals surface area contributed by atoms with Crippen molar-refractivity contribution < 1.29 is 18.1 Å². The van der Waals surface area contributed by atoms with Gasteiger partial charge in [-0.25, -0.2) is 9.37 Å². The lowest BCUT2D eigenvalue weighted by Crippen LogP contribution is -2.13. The van der Waals surface area contributed by atoms with E-state index >= 15 is 0 Å². The Morgan fingerprint density at radius 2 is 2.04 bits per heavy atom. The van der Waals surface area contributed by atoms with Gasteiger partial charge in [-0.15, -0.1) is 0 Å². The first-order valence-electron chi connectivity index (χ1n) is 8.25. The average molecular weight is 398 g/mol. The van der Waals surface area contributed by atoms with Crippen molar-refractivity contribution in [1.29, 1.82) is 0 Å². The van der Waals surface area contributed by atoms with Gasteiger partial charge in [0.1, 0.15) is 22.8 Å². The zero-order chi connectivity index (χ0) is 19.7. The fourth-order valence-corrected chi connectivity index (χ4v) is 3.09. The molecule has 0 aliphatic carbocycles. The Morgan fingerprint density at radius 1 is 1.21 bits per heavy atom. The number of nitrogens with one attached hydrogen (secondary N) is 1. The fraction of sp³-hybridized carbons (Fsp3) is 0.0500. The van der Waals surface area contributed by atoms with Crippen LogP contribution in [-0.2, 0) is 0 Å². The van der Waals surface area contributed by atoms with Gasteiger partial charge in [-0.1, -0.05) is 35.0 Å². The van der Waals surface area contributed by atoms with Gasteiger partial charge in [0.15, 0.2) is 12.2 Å². The van der Waals surface area contributed by atoms with Crippen molar-refractivity contribution in [1.82, 2.24) is 10.1 Å². The van der Waals surface area contributed by atoms with Crippen LogP contribution in [0.5, 0.6) is 0 Å². The molecule has 0 spiro atoms. The molecule has 140 valence electrons. The van der Waals surface area contributed by atoms with E-state index in [2.05, 4.69) is 15.5 Å². The van der Waals surface area contributed by atoms with Crippen LogP contribution >= 0.6 is 11.6 Å². The third-order valence-corrected chi connectivity index (χ3v) is 4.44. The van der Waals surface area contributed by atoms with Crippen LogP contribution in [-0.4, -0.2) is 16.0 Å². The van der Waals surface area contributed by atoms with Crippen molar-refractivity contribution in [2.75, 3.05) is 5.32 Å². The van der Waals surface area contributed by atoms with Crippen LogP contribution < -0.4 is 5.32 Å². The molecule has 4 rings (SSSR count). The highest BCUT2D eigenvalue weighted by molar-refractivity contribution is 6.33. The van der Waals surface area contributed by atoms with Gasteiger partial charge >= 0.3 is 0 Å². The average Bonchev–Trinajstić information content (AvgIpc) is 3.32. The van der Waals surface area contributed by atoms with Crippen LogP contribution in [0.2, 0.25) is 5.02 Å². The molecule has 2 aromatic carbocycles. The highest BCUT2D eigenvalue weighted by Gasteiger charge is 2.25. The van der Waals surface area contributed by atoms with Crippen LogP contribution in [0.25, 0.3) is 22.6 Å². The van der Waals surface area contributed by atoms with Gasteiger partial charge in [0.2, 0.25) is 0 Å². The first-order chi connectivity index (χ1) is 13.5. The Balaban J connectivity index is 1.69. The zero-order valence-corrected chi connectivity index (χ0v) is 15.3. The lowest BCUT2D eigenvalue weighted by Gasteiger charge is -2.08. The van der Waals surface area contributed by atoms with Gasteiger partial charge in [-0.2, -0.15) is 0 Å². The van der Waals surface area contributed by atoms with E-state index in [1.807, 2.05) is 6.07 Å². The number of halogens is 2. The largest absolute Gasteiger partial charge is 0.444 e. The monoisotopic (exact) mass is 397 g/mol. The number of benzene rings is 2. The van der Waals surface area contributed by atoms with Crippen LogP contribution in [0.4, 0.5) is 10.1 Å². The topological polar surface area (TPSA) is 81.2 Å². The summed E-state index contributed by atoms with van der Waals surface area (Å²) in [5.41, 5.74) is 1.43. The van der Waals surface area contributed by atoms with Crippen LogP contribution in [0.15, 0.2) is 64.0 Å². The number of hydrogen-bond donors (Lipinski definition) is 1. The smallest absolute Gasteiger partial charge is 0.261 e. The lowest BCUT2D eigenvalue weighted by molar-refractivity contribution is 0.102. The minimum atomic E-state index is -0.595. The summed E-state index contributed by atoms with van der Waals surface area (Å²) in [6.07, 6.45) is 2.90. The van der Waals surface area contributed by atoms with Gasteiger partial charge in [0.05, 0.1) is 16.8 Å². The number of aryl methyl sites for hydroxylation is 1. The van der Waals surface area contributed by atoms with Gasteiger partial charge in [0, 0.05) is 11.3 Å². The van der Waals surface area contributed by atoms with Gasteiger partial charge in [-0.3, -0.25) is 4.79 Å². The highest BCUT2D eigenvalue weighted by Crippen LogP contribution is 2.34. The molecule has 0 aliphatic heterocycles. The molecule has 1 N–H and O–H groups in total. The minimum Gasteiger partial charge on any atom is -0.444 e. The van der Waals surface area contributed by atoms with Gasteiger partial charge in [-0.05, 0) is 31.2 Å². The maximum Gasteiger partial charge on any atom is 0.261 e. The van der Waals surface area contributed by atoms with E-state index in [4.69, 9.17) is 20.5 Å². The quantitative estimate of drug-likeness (QED) is 0.502. The van der Waals surface area contributed by atoms with Crippen molar-refractivity contribution in [3.05, 3.63) is 77.2 Å². The molecule has 0 radical (unpaired) electrons. The summed E-state index contributed by atoms with van der Waals surface area (Å²) in [4.78, 5) is 16.8. The summed E-state index contributed by atoms with van der Waals surface area (Å²) in [5.74, 6) is -0.278. The lowest BCUT2D eigenvalue weighted by atomic mass is 10.0. The van der Waals surface area contributed by atoms with Gasteiger partial charge < -0.3 is 14.3 Å². The predicted molar refractivity (Wildman–Crippen MR) is 102 cm³/mol. The standard InChI is InChI=1S/C20H13ClFN3O3/c1-11-17(19(25-28-11)18-14(21)6-3-7-15(18)22)20(26)24-13-5-2-4-12(8-13)16-9-23-10-27-16/h2-10H,1H3,(H,24,26). The number of hydrogen-bond acceptors (Lipinski definition) is 5. The molecule has 0 atom stereocenters. The fourth-order valence-electron chi connectivity index (χ4n) is 2.84. The normalized spacial score (nSPS) is 10.8. The predicted octanol–water partition coefficient (Wildman–Crippen LogP) is 5.35. The summed E-state index contributed by atoms with van der Waals surface area (Å²) in [7, 11) is 0. The Morgan fingerprint density at radius 3 is 2.79 bits per heavy atom. The molecule has 1 amide bonds. The van der Waals surface area contributed by atoms with E-state index in [9.17, 15) is 9.18 Å². The molecule has 4 aromatic rings. The second-order valence-corrected chi connectivity index (χ2v) is 6.37. The molecule has 0 unspecified atom stereocenters. The second kappa shape index (κ2) is 7.28. The third-order valence-electron chi connectivity index (χ3n) is 4.13.